The Balaban J connectivity index is 2.49. The van der Waals surface area contributed by atoms with Crippen molar-refractivity contribution in [1.82, 2.24) is 5.32 Å². The van der Waals surface area contributed by atoms with Crippen molar-refractivity contribution in [2.45, 2.75) is 33.2 Å². The number of hydrogen-bond acceptors (Lipinski definition) is 4. The van der Waals surface area contributed by atoms with Crippen LogP contribution in [0, 0.1) is 16.0 Å². The van der Waals surface area contributed by atoms with Gasteiger partial charge in [0.25, 0.3) is 5.69 Å². The predicted molar refractivity (Wildman–Crippen MR) is 79.8 cm³/mol. The molecule has 0 aromatic heterocycles. The highest BCUT2D eigenvalue weighted by molar-refractivity contribution is 5.35. The van der Waals surface area contributed by atoms with Crippen molar-refractivity contribution in [3.8, 4) is 0 Å². The highest BCUT2D eigenvalue weighted by Crippen LogP contribution is 2.21. The average Bonchev–Trinajstić information content (AvgIpc) is 2.42. The van der Waals surface area contributed by atoms with Crippen molar-refractivity contribution in [2.24, 2.45) is 5.92 Å². The third-order valence-corrected chi connectivity index (χ3v) is 2.98. The van der Waals surface area contributed by atoms with Crippen LogP contribution in [0.1, 0.15) is 38.8 Å². The summed E-state index contributed by atoms with van der Waals surface area (Å²) >= 11 is 0. The van der Waals surface area contributed by atoms with Crippen molar-refractivity contribution >= 4 is 5.69 Å². The van der Waals surface area contributed by atoms with Crippen molar-refractivity contribution in [2.75, 3.05) is 19.8 Å². The Morgan fingerprint density at radius 3 is 2.75 bits per heavy atom. The Morgan fingerprint density at radius 2 is 2.15 bits per heavy atom. The number of nitro benzene ring substituents is 1. The normalized spacial score (nSPS) is 12.6. The van der Waals surface area contributed by atoms with Gasteiger partial charge in [-0.3, -0.25) is 10.1 Å². The fraction of sp³-hybridized carbons (Fsp3) is 0.600. The second-order valence-electron chi connectivity index (χ2n) is 5.24. The van der Waals surface area contributed by atoms with Crippen LogP contribution >= 0.6 is 0 Å². The molecule has 1 unspecified atom stereocenters. The van der Waals surface area contributed by atoms with E-state index in [2.05, 4.69) is 26.1 Å². The largest absolute Gasteiger partial charge is 0.380 e. The summed E-state index contributed by atoms with van der Waals surface area (Å²) in [5.74, 6) is 0.536. The molecule has 0 radical (unpaired) electrons. The number of nitrogens with zero attached hydrogens (tertiary/aromatic N) is 1. The lowest BCUT2D eigenvalue weighted by Gasteiger charge is -2.17. The van der Waals surface area contributed by atoms with Crippen LogP contribution < -0.4 is 5.32 Å². The van der Waals surface area contributed by atoms with E-state index in [-0.39, 0.29) is 16.7 Å². The number of non-ortho nitro benzene ring substituents is 1. The Morgan fingerprint density at radius 1 is 1.40 bits per heavy atom. The molecule has 0 amide bonds. The summed E-state index contributed by atoms with van der Waals surface area (Å²) in [6.45, 7) is 8.45. The van der Waals surface area contributed by atoms with E-state index in [0.29, 0.717) is 12.5 Å². The second-order valence-corrected chi connectivity index (χ2v) is 5.24. The zero-order chi connectivity index (χ0) is 15.0. The van der Waals surface area contributed by atoms with Crippen LogP contribution in [0.2, 0.25) is 0 Å². The van der Waals surface area contributed by atoms with Gasteiger partial charge in [0.1, 0.15) is 0 Å². The molecule has 1 aromatic carbocycles. The Kier molecular flexibility index (Phi) is 7.18. The Hall–Kier alpha value is -1.46. The Bertz CT molecular complexity index is 421. The molecule has 1 atom stereocenters. The number of nitrogens with one attached hydrogen (secondary N) is 1. The molecule has 1 N–H and O–H groups in total. The van der Waals surface area contributed by atoms with Crippen LogP contribution in [0.15, 0.2) is 24.3 Å². The second kappa shape index (κ2) is 8.66. The summed E-state index contributed by atoms with van der Waals surface area (Å²) in [6, 6.07) is 6.92. The third kappa shape index (κ3) is 5.67. The van der Waals surface area contributed by atoms with Crippen molar-refractivity contribution in [3.05, 3.63) is 39.9 Å². The van der Waals surface area contributed by atoms with Crippen LogP contribution in [0.4, 0.5) is 5.69 Å². The summed E-state index contributed by atoms with van der Waals surface area (Å²) in [6.07, 6.45) is 0.880. The first-order chi connectivity index (χ1) is 9.54. The molecule has 0 heterocycles. The first-order valence-corrected chi connectivity index (χ1v) is 7.10. The predicted octanol–water partition coefficient (Wildman–Crippen LogP) is 3.31. The summed E-state index contributed by atoms with van der Waals surface area (Å²) in [4.78, 5) is 10.4. The first-order valence-electron chi connectivity index (χ1n) is 7.10. The molecule has 0 aliphatic heterocycles. The van der Waals surface area contributed by atoms with Gasteiger partial charge < -0.3 is 10.1 Å². The van der Waals surface area contributed by atoms with E-state index in [1.54, 1.807) is 12.1 Å². The van der Waals surface area contributed by atoms with Gasteiger partial charge in [-0.25, -0.2) is 0 Å². The molecule has 5 nitrogen and oxygen atoms in total. The highest BCUT2D eigenvalue weighted by atomic mass is 16.6. The van der Waals surface area contributed by atoms with Gasteiger partial charge in [0.15, 0.2) is 0 Å². The number of benzene rings is 1. The molecule has 0 fully saturated rings. The van der Waals surface area contributed by atoms with Crippen LogP contribution in [0.25, 0.3) is 0 Å². The molecule has 1 aromatic rings. The zero-order valence-corrected chi connectivity index (χ0v) is 12.5. The van der Waals surface area contributed by atoms with Crippen LogP contribution in [-0.4, -0.2) is 24.7 Å². The van der Waals surface area contributed by atoms with E-state index in [1.165, 1.54) is 6.07 Å². The van der Waals surface area contributed by atoms with Crippen LogP contribution in [0.5, 0.6) is 0 Å². The molecule has 1 rings (SSSR count). The lowest BCUT2D eigenvalue weighted by atomic mass is 10.0. The van der Waals surface area contributed by atoms with Crippen molar-refractivity contribution in [3.63, 3.8) is 0 Å². The molecular weight excluding hydrogens is 256 g/mol. The molecular formula is C15H24N2O3. The van der Waals surface area contributed by atoms with Crippen molar-refractivity contribution < 1.29 is 9.66 Å². The van der Waals surface area contributed by atoms with E-state index < -0.39 is 0 Å². The molecule has 5 heteroatoms. The van der Waals surface area contributed by atoms with E-state index in [0.717, 1.165) is 25.1 Å². The molecule has 0 bridgehead atoms. The molecule has 0 spiro atoms. The van der Waals surface area contributed by atoms with Gasteiger partial charge in [0.05, 0.1) is 11.5 Å². The lowest BCUT2D eigenvalue weighted by Crippen LogP contribution is -2.25. The molecule has 0 saturated carbocycles. The topological polar surface area (TPSA) is 64.4 Å². The fourth-order valence-corrected chi connectivity index (χ4v) is 1.98. The smallest absolute Gasteiger partial charge is 0.269 e. The number of hydrogen-bond donors (Lipinski definition) is 1. The summed E-state index contributed by atoms with van der Waals surface area (Å²) in [5.41, 5.74) is 1.09. The quantitative estimate of drug-likeness (QED) is 0.428. The Labute approximate surface area is 120 Å². The number of nitro groups is 1. The molecule has 112 valence electrons. The van der Waals surface area contributed by atoms with Gasteiger partial charge in [-0.05, 0) is 17.9 Å². The maximum atomic E-state index is 10.8. The monoisotopic (exact) mass is 280 g/mol. The first kappa shape index (κ1) is 16.6. The highest BCUT2D eigenvalue weighted by Gasteiger charge is 2.12. The van der Waals surface area contributed by atoms with Gasteiger partial charge in [0, 0.05) is 31.3 Å². The summed E-state index contributed by atoms with van der Waals surface area (Å²) in [5, 5.41) is 14.2. The van der Waals surface area contributed by atoms with Gasteiger partial charge in [-0.15, -0.1) is 0 Å². The fourth-order valence-electron chi connectivity index (χ4n) is 1.98. The minimum atomic E-state index is -0.359. The third-order valence-electron chi connectivity index (χ3n) is 2.98. The van der Waals surface area contributed by atoms with Gasteiger partial charge >= 0.3 is 0 Å². The van der Waals surface area contributed by atoms with E-state index in [1.807, 2.05) is 6.07 Å². The molecule has 0 aliphatic rings. The number of rotatable bonds is 9. The molecule has 0 saturated heterocycles. The van der Waals surface area contributed by atoms with E-state index >= 15 is 0 Å². The zero-order valence-electron chi connectivity index (χ0n) is 12.5. The van der Waals surface area contributed by atoms with Crippen LogP contribution in [-0.2, 0) is 4.74 Å². The van der Waals surface area contributed by atoms with E-state index in [9.17, 15) is 10.1 Å². The molecule has 20 heavy (non-hydrogen) atoms. The summed E-state index contributed by atoms with van der Waals surface area (Å²) < 4.78 is 5.52. The molecule has 0 aliphatic carbocycles. The van der Waals surface area contributed by atoms with Gasteiger partial charge in [0.2, 0.25) is 0 Å². The van der Waals surface area contributed by atoms with Crippen molar-refractivity contribution in [1.29, 1.82) is 0 Å². The minimum Gasteiger partial charge on any atom is -0.380 e. The van der Waals surface area contributed by atoms with Gasteiger partial charge in [-0.1, -0.05) is 32.9 Å². The summed E-state index contributed by atoms with van der Waals surface area (Å²) in [7, 11) is 0. The number of ether oxygens (including phenoxy) is 1. The lowest BCUT2D eigenvalue weighted by molar-refractivity contribution is -0.384. The maximum Gasteiger partial charge on any atom is 0.269 e. The maximum absolute atomic E-state index is 10.8. The minimum absolute atomic E-state index is 0.123. The SMILES string of the molecule is CCC(NCCOCC(C)C)c1cccc([N+](=O)[O-])c1. The average molecular weight is 280 g/mol. The van der Waals surface area contributed by atoms with Gasteiger partial charge in [-0.2, -0.15) is 0 Å². The standard InChI is InChI=1S/C15H24N2O3/c1-4-15(16-8-9-20-11-12(2)3)13-6-5-7-14(10-13)17(18)19/h5-7,10,12,15-16H,4,8-9,11H2,1-3H3. The van der Waals surface area contributed by atoms with E-state index in [4.69, 9.17) is 4.74 Å². The van der Waals surface area contributed by atoms with Crippen LogP contribution in [0.3, 0.4) is 0 Å².